The number of carbonyl (C=O) groups is 2. The Morgan fingerprint density at radius 3 is 2.96 bits per heavy atom. The molecule has 2 amide bonds. The Kier molecular flexibility index (Phi) is 4.19. The van der Waals surface area contributed by atoms with E-state index in [0.29, 0.717) is 24.6 Å². The van der Waals surface area contributed by atoms with E-state index in [9.17, 15) is 9.59 Å². The summed E-state index contributed by atoms with van der Waals surface area (Å²) >= 11 is 1.54. The summed E-state index contributed by atoms with van der Waals surface area (Å²) in [5.41, 5.74) is 0.896. The molecule has 0 unspecified atom stereocenters. The summed E-state index contributed by atoms with van der Waals surface area (Å²) in [6, 6.07) is 8.74. The second kappa shape index (κ2) is 6.64. The van der Waals surface area contributed by atoms with Crippen LogP contribution in [0.5, 0.6) is 11.5 Å². The number of nitrogens with zero attached hydrogens (tertiary/aromatic N) is 1. The Morgan fingerprint density at radius 1 is 1.24 bits per heavy atom. The van der Waals surface area contributed by atoms with Crippen molar-refractivity contribution in [3.8, 4) is 11.5 Å². The van der Waals surface area contributed by atoms with Gasteiger partial charge in [0.25, 0.3) is 0 Å². The summed E-state index contributed by atoms with van der Waals surface area (Å²) < 4.78 is 15.7. The zero-order valence-corrected chi connectivity index (χ0v) is 14.1. The highest BCUT2D eigenvalue weighted by Gasteiger charge is 2.38. The van der Waals surface area contributed by atoms with E-state index in [1.165, 1.54) is 4.90 Å². The molecule has 2 aromatic rings. The molecule has 130 valence electrons. The highest BCUT2D eigenvalue weighted by Crippen LogP contribution is 2.32. The maximum absolute atomic E-state index is 12.5. The summed E-state index contributed by atoms with van der Waals surface area (Å²) in [6.07, 6.45) is -0.461. The van der Waals surface area contributed by atoms with Gasteiger partial charge in [-0.25, -0.2) is 4.79 Å². The minimum Gasteiger partial charge on any atom is -0.454 e. The van der Waals surface area contributed by atoms with Crippen LogP contribution in [0.4, 0.5) is 4.79 Å². The SMILES string of the molecule is O=C(NCc1ccc2c(c1)OCO2)[C@@H]1COC(=O)N1Cc1cccs1. The predicted molar refractivity (Wildman–Crippen MR) is 89.4 cm³/mol. The summed E-state index contributed by atoms with van der Waals surface area (Å²) in [5, 5.41) is 4.79. The minimum absolute atomic E-state index is 0.0666. The Bertz CT molecular complexity index is 792. The predicted octanol–water partition coefficient (Wildman–Crippen LogP) is 2.11. The van der Waals surface area contributed by atoms with Crippen LogP contribution in [0.3, 0.4) is 0 Å². The van der Waals surface area contributed by atoms with Crippen LogP contribution in [-0.4, -0.2) is 36.3 Å². The number of ether oxygens (including phenoxy) is 3. The second-order valence-electron chi connectivity index (χ2n) is 5.71. The first-order valence-corrected chi connectivity index (χ1v) is 8.71. The van der Waals surface area contributed by atoms with Gasteiger partial charge in [0.05, 0.1) is 6.54 Å². The summed E-state index contributed by atoms with van der Waals surface area (Å²) in [7, 11) is 0. The van der Waals surface area contributed by atoms with E-state index in [1.54, 1.807) is 11.3 Å². The van der Waals surface area contributed by atoms with E-state index in [2.05, 4.69) is 5.32 Å². The van der Waals surface area contributed by atoms with Crippen LogP contribution in [0.25, 0.3) is 0 Å². The topological polar surface area (TPSA) is 77.1 Å². The van der Waals surface area contributed by atoms with Crippen LogP contribution in [0.15, 0.2) is 35.7 Å². The van der Waals surface area contributed by atoms with Gasteiger partial charge in [0.15, 0.2) is 11.5 Å². The standard InChI is InChI=1S/C17H16N2O5S/c20-16(18-7-11-3-4-14-15(6-11)24-10-23-14)13-9-22-17(21)19(13)8-12-2-1-5-25-12/h1-6,13H,7-10H2,(H,18,20)/t13-/m0/s1. The molecular formula is C17H16N2O5S. The van der Waals surface area contributed by atoms with E-state index in [0.717, 1.165) is 10.4 Å². The summed E-state index contributed by atoms with van der Waals surface area (Å²) in [6.45, 7) is 0.993. The lowest BCUT2D eigenvalue weighted by atomic mass is 10.2. The lowest BCUT2D eigenvalue weighted by Crippen LogP contribution is -2.45. The Balaban J connectivity index is 1.39. The highest BCUT2D eigenvalue weighted by molar-refractivity contribution is 7.09. The van der Waals surface area contributed by atoms with Gasteiger partial charge in [-0.3, -0.25) is 9.69 Å². The average Bonchev–Trinajstić information content (AvgIpc) is 3.35. The van der Waals surface area contributed by atoms with Crippen LogP contribution >= 0.6 is 11.3 Å². The van der Waals surface area contributed by atoms with Crippen LogP contribution in [0.2, 0.25) is 0 Å². The van der Waals surface area contributed by atoms with Gasteiger partial charge in [-0.1, -0.05) is 12.1 Å². The van der Waals surface area contributed by atoms with Crippen LogP contribution in [-0.2, 0) is 22.6 Å². The molecule has 0 bridgehead atoms. The zero-order chi connectivity index (χ0) is 17.2. The molecule has 8 heteroatoms. The molecular weight excluding hydrogens is 344 g/mol. The number of benzene rings is 1. The number of amides is 2. The van der Waals surface area contributed by atoms with Gasteiger partial charge in [-0.2, -0.15) is 0 Å². The molecule has 0 saturated carbocycles. The summed E-state index contributed by atoms with van der Waals surface area (Å²) in [4.78, 5) is 26.9. The van der Waals surface area contributed by atoms with Crippen molar-refractivity contribution in [1.82, 2.24) is 10.2 Å². The lowest BCUT2D eigenvalue weighted by Gasteiger charge is -2.20. The quantitative estimate of drug-likeness (QED) is 0.884. The fraction of sp³-hybridized carbons (Fsp3) is 0.294. The van der Waals surface area contributed by atoms with Crippen molar-refractivity contribution in [2.45, 2.75) is 19.1 Å². The molecule has 1 atom stereocenters. The molecule has 2 aliphatic rings. The van der Waals surface area contributed by atoms with Crippen LogP contribution in [0, 0.1) is 0 Å². The van der Waals surface area contributed by atoms with E-state index >= 15 is 0 Å². The van der Waals surface area contributed by atoms with E-state index < -0.39 is 12.1 Å². The molecule has 0 aliphatic carbocycles. The molecule has 1 aromatic heterocycles. The molecule has 0 radical (unpaired) electrons. The molecule has 1 fully saturated rings. The van der Waals surface area contributed by atoms with E-state index in [-0.39, 0.29) is 19.3 Å². The third-order valence-electron chi connectivity index (χ3n) is 4.09. The van der Waals surface area contributed by atoms with Gasteiger partial charge in [-0.15, -0.1) is 11.3 Å². The molecule has 1 saturated heterocycles. The van der Waals surface area contributed by atoms with Crippen molar-refractivity contribution in [3.63, 3.8) is 0 Å². The maximum Gasteiger partial charge on any atom is 0.410 e. The fourth-order valence-corrected chi connectivity index (χ4v) is 3.47. The molecule has 1 N–H and O–H groups in total. The van der Waals surface area contributed by atoms with Crippen molar-refractivity contribution in [3.05, 3.63) is 46.2 Å². The normalized spacial score (nSPS) is 18.3. The van der Waals surface area contributed by atoms with Crippen molar-refractivity contribution in [1.29, 1.82) is 0 Å². The van der Waals surface area contributed by atoms with E-state index in [4.69, 9.17) is 14.2 Å². The van der Waals surface area contributed by atoms with Crippen molar-refractivity contribution in [2.75, 3.05) is 13.4 Å². The largest absolute Gasteiger partial charge is 0.454 e. The van der Waals surface area contributed by atoms with Crippen molar-refractivity contribution in [2.24, 2.45) is 0 Å². The van der Waals surface area contributed by atoms with Crippen molar-refractivity contribution >= 4 is 23.3 Å². The number of carbonyl (C=O) groups excluding carboxylic acids is 2. The number of cyclic esters (lactones) is 1. The molecule has 25 heavy (non-hydrogen) atoms. The number of nitrogens with one attached hydrogen (secondary N) is 1. The number of hydrogen-bond acceptors (Lipinski definition) is 6. The molecule has 7 nitrogen and oxygen atoms in total. The second-order valence-corrected chi connectivity index (χ2v) is 6.74. The van der Waals surface area contributed by atoms with E-state index in [1.807, 2.05) is 35.7 Å². The highest BCUT2D eigenvalue weighted by atomic mass is 32.1. The molecule has 1 aromatic carbocycles. The third-order valence-corrected chi connectivity index (χ3v) is 4.95. The van der Waals surface area contributed by atoms with Crippen LogP contribution in [0.1, 0.15) is 10.4 Å². The van der Waals surface area contributed by atoms with Crippen LogP contribution < -0.4 is 14.8 Å². The lowest BCUT2D eigenvalue weighted by molar-refractivity contribution is -0.125. The van der Waals surface area contributed by atoms with Gasteiger partial charge in [-0.05, 0) is 29.1 Å². The minimum atomic E-state index is -0.622. The van der Waals surface area contributed by atoms with Gasteiger partial charge in [0.1, 0.15) is 12.6 Å². The number of thiophene rings is 1. The van der Waals surface area contributed by atoms with Gasteiger partial charge < -0.3 is 19.5 Å². The average molecular weight is 360 g/mol. The fourth-order valence-electron chi connectivity index (χ4n) is 2.77. The third kappa shape index (κ3) is 3.25. The monoisotopic (exact) mass is 360 g/mol. The Morgan fingerprint density at radius 2 is 2.12 bits per heavy atom. The zero-order valence-electron chi connectivity index (χ0n) is 13.3. The molecule has 3 heterocycles. The maximum atomic E-state index is 12.5. The number of fused-ring (bicyclic) bond motifs is 1. The first-order valence-electron chi connectivity index (χ1n) is 7.83. The summed E-state index contributed by atoms with van der Waals surface area (Å²) in [5.74, 6) is 1.14. The van der Waals surface area contributed by atoms with Crippen molar-refractivity contribution < 1.29 is 23.8 Å². The first kappa shape index (κ1) is 15.8. The first-order chi connectivity index (χ1) is 12.2. The smallest absolute Gasteiger partial charge is 0.410 e. The Hall–Kier alpha value is -2.74. The number of hydrogen-bond donors (Lipinski definition) is 1. The molecule has 0 spiro atoms. The van der Waals surface area contributed by atoms with Gasteiger partial charge >= 0.3 is 6.09 Å². The molecule has 2 aliphatic heterocycles. The van der Waals surface area contributed by atoms with Gasteiger partial charge in [0, 0.05) is 11.4 Å². The Labute approximate surface area is 148 Å². The van der Waals surface area contributed by atoms with Gasteiger partial charge in [0.2, 0.25) is 12.7 Å². The number of rotatable bonds is 5. The molecule has 4 rings (SSSR count).